The number of halogens is 5. The summed E-state index contributed by atoms with van der Waals surface area (Å²) in [5, 5.41) is 19.2. The minimum absolute atomic E-state index is 0.0241. The molecular weight excluding hydrogens is 551 g/mol. The topological polar surface area (TPSA) is 122 Å². The van der Waals surface area contributed by atoms with E-state index < -0.39 is 54.9 Å². The third-order valence-electron chi connectivity index (χ3n) is 7.56. The van der Waals surface area contributed by atoms with Gasteiger partial charge in [-0.2, -0.15) is 23.5 Å². The van der Waals surface area contributed by atoms with Crippen LogP contribution in [0.3, 0.4) is 0 Å². The third kappa shape index (κ3) is 4.85. The minimum atomic E-state index is -4.49. The first-order valence-electron chi connectivity index (χ1n) is 12.7. The molecule has 1 saturated carbocycles. The second kappa shape index (κ2) is 9.25. The van der Waals surface area contributed by atoms with Crippen LogP contribution < -0.4 is 15.4 Å². The molecule has 0 saturated heterocycles. The molecule has 6 rings (SSSR count). The number of alkyl halides is 5. The van der Waals surface area contributed by atoms with Crippen molar-refractivity contribution in [3.8, 4) is 17.6 Å². The molecule has 212 valence electrons. The quantitative estimate of drug-likeness (QED) is 0.450. The zero-order valence-electron chi connectivity index (χ0n) is 21.2. The Morgan fingerprint density at radius 3 is 2.68 bits per heavy atom. The van der Waals surface area contributed by atoms with Gasteiger partial charge in [0.25, 0.3) is 17.7 Å². The summed E-state index contributed by atoms with van der Waals surface area (Å²) >= 11 is 0. The van der Waals surface area contributed by atoms with Gasteiger partial charge in [0.1, 0.15) is 17.5 Å². The Bertz CT molecular complexity index is 1600. The third-order valence-corrected chi connectivity index (χ3v) is 7.56. The summed E-state index contributed by atoms with van der Waals surface area (Å²) < 4.78 is 70.7. The van der Waals surface area contributed by atoms with Crippen LogP contribution in [0.5, 0.6) is 5.75 Å². The van der Waals surface area contributed by atoms with E-state index in [0.717, 1.165) is 0 Å². The lowest BCUT2D eigenvalue weighted by Gasteiger charge is -2.36. The normalized spacial score (nSPS) is 20.9. The molecule has 0 radical (unpaired) electrons. The summed E-state index contributed by atoms with van der Waals surface area (Å²) in [5.74, 6) is -4.06. The highest BCUT2D eigenvalue weighted by molar-refractivity contribution is 6.08. The maximum absolute atomic E-state index is 13.6. The van der Waals surface area contributed by atoms with Gasteiger partial charge >= 0.3 is 6.18 Å². The maximum Gasteiger partial charge on any atom is 0.422 e. The van der Waals surface area contributed by atoms with Gasteiger partial charge in [-0.25, -0.2) is 18.4 Å². The SMILES string of the molecule is N#Cc1ccc(-n2nc3c(c2C(=O)NC2CC(F)(F)C2)C(=O)N[C@@]2(CCc4cc(OCC(F)(F)F)ccc42)C3)nc1. The van der Waals surface area contributed by atoms with Crippen molar-refractivity contribution in [2.24, 2.45) is 0 Å². The van der Waals surface area contributed by atoms with E-state index in [1.165, 1.54) is 35.1 Å². The second-order valence-electron chi connectivity index (χ2n) is 10.5. The predicted molar refractivity (Wildman–Crippen MR) is 131 cm³/mol. The van der Waals surface area contributed by atoms with Crippen LogP contribution in [0.25, 0.3) is 5.82 Å². The van der Waals surface area contributed by atoms with Crippen molar-refractivity contribution in [2.45, 2.75) is 55.8 Å². The molecular formula is C27H21F5N6O3. The smallest absolute Gasteiger partial charge is 0.422 e. The van der Waals surface area contributed by atoms with Crippen LogP contribution in [-0.2, 0) is 18.4 Å². The van der Waals surface area contributed by atoms with Gasteiger partial charge in [0.2, 0.25) is 0 Å². The lowest BCUT2D eigenvalue weighted by atomic mass is 9.82. The molecule has 3 aliphatic rings. The number of nitrogens with zero attached hydrogens (tertiary/aromatic N) is 4. The van der Waals surface area contributed by atoms with E-state index in [0.29, 0.717) is 24.0 Å². The van der Waals surface area contributed by atoms with Crippen molar-refractivity contribution in [2.75, 3.05) is 6.61 Å². The lowest BCUT2D eigenvalue weighted by Crippen LogP contribution is -2.52. The number of aromatic nitrogens is 3. The summed E-state index contributed by atoms with van der Waals surface area (Å²) in [6.07, 6.45) is -3.21. The molecule has 1 aliphatic heterocycles. The van der Waals surface area contributed by atoms with E-state index in [-0.39, 0.29) is 40.5 Å². The Morgan fingerprint density at radius 1 is 1.24 bits per heavy atom. The Labute approximate surface area is 229 Å². The Morgan fingerprint density at radius 2 is 2.02 bits per heavy atom. The maximum atomic E-state index is 13.6. The van der Waals surface area contributed by atoms with Crippen LogP contribution in [0.2, 0.25) is 0 Å². The first-order chi connectivity index (χ1) is 19.4. The van der Waals surface area contributed by atoms with E-state index in [9.17, 15) is 31.5 Å². The minimum Gasteiger partial charge on any atom is -0.484 e. The fraction of sp³-hybridized carbons (Fsp3) is 0.370. The standard InChI is InChI=1S/C27H21F5N6O3/c28-26(29)8-16(9-26)35-24(40)22-21-19(37-38(22)20-4-1-14(11-33)12-34-20)10-25(36-23(21)39)6-5-15-7-17(2-3-18(15)25)41-13-27(30,31)32/h1-4,7,12,16H,5-6,8-10,13H2,(H,35,40)(H,36,39)/t25-/m0/s1. The molecule has 3 aromatic rings. The van der Waals surface area contributed by atoms with Crippen molar-refractivity contribution in [3.63, 3.8) is 0 Å². The Balaban J connectivity index is 1.36. The number of carbonyl (C=O) groups is 2. The predicted octanol–water partition coefficient (Wildman–Crippen LogP) is 3.74. The fourth-order valence-corrected chi connectivity index (χ4v) is 5.70. The number of pyridine rings is 1. The number of hydrogen-bond donors (Lipinski definition) is 2. The number of nitrogens with one attached hydrogen (secondary N) is 2. The van der Waals surface area contributed by atoms with Gasteiger partial charge in [-0.3, -0.25) is 9.59 Å². The van der Waals surface area contributed by atoms with Gasteiger partial charge in [0.15, 0.2) is 12.4 Å². The van der Waals surface area contributed by atoms with Crippen molar-refractivity contribution in [3.05, 3.63) is 70.2 Å². The summed E-state index contributed by atoms with van der Waals surface area (Å²) in [6, 6.07) is 8.61. The molecule has 41 heavy (non-hydrogen) atoms. The summed E-state index contributed by atoms with van der Waals surface area (Å²) in [4.78, 5) is 31.2. The molecule has 2 amide bonds. The zero-order chi connectivity index (χ0) is 29.2. The van der Waals surface area contributed by atoms with E-state index in [1.807, 2.05) is 6.07 Å². The molecule has 0 bridgehead atoms. The van der Waals surface area contributed by atoms with Gasteiger partial charge < -0.3 is 15.4 Å². The molecule has 2 aliphatic carbocycles. The average Bonchev–Trinajstić information content (AvgIpc) is 3.45. The summed E-state index contributed by atoms with van der Waals surface area (Å²) in [7, 11) is 0. The number of benzene rings is 1. The largest absolute Gasteiger partial charge is 0.484 e. The fourth-order valence-electron chi connectivity index (χ4n) is 5.70. The lowest BCUT2D eigenvalue weighted by molar-refractivity contribution is -0.153. The number of nitriles is 1. The van der Waals surface area contributed by atoms with E-state index in [2.05, 4.69) is 20.7 Å². The van der Waals surface area contributed by atoms with Crippen molar-refractivity contribution in [1.82, 2.24) is 25.4 Å². The monoisotopic (exact) mass is 572 g/mol. The van der Waals surface area contributed by atoms with E-state index >= 15 is 0 Å². The van der Waals surface area contributed by atoms with Gasteiger partial charge in [-0.1, -0.05) is 6.07 Å². The molecule has 0 unspecified atom stereocenters. The van der Waals surface area contributed by atoms with Crippen LogP contribution in [0.4, 0.5) is 22.0 Å². The summed E-state index contributed by atoms with van der Waals surface area (Å²) in [5.41, 5.74) is 0.816. The number of amides is 2. The summed E-state index contributed by atoms with van der Waals surface area (Å²) in [6.45, 7) is -1.43. The second-order valence-corrected chi connectivity index (χ2v) is 10.5. The van der Waals surface area contributed by atoms with Crippen LogP contribution in [0.15, 0.2) is 36.5 Å². The first kappa shape index (κ1) is 26.7. The van der Waals surface area contributed by atoms with Gasteiger partial charge in [0.05, 0.1) is 22.4 Å². The number of fused-ring (bicyclic) bond motifs is 3. The molecule has 1 atom stereocenters. The highest BCUT2D eigenvalue weighted by Gasteiger charge is 2.49. The van der Waals surface area contributed by atoms with Crippen LogP contribution >= 0.6 is 0 Å². The number of aryl methyl sites for hydroxylation is 1. The molecule has 14 heteroatoms. The number of ether oxygens (including phenoxy) is 1. The molecule has 1 fully saturated rings. The zero-order valence-corrected chi connectivity index (χ0v) is 21.2. The highest BCUT2D eigenvalue weighted by atomic mass is 19.4. The average molecular weight is 572 g/mol. The van der Waals surface area contributed by atoms with Gasteiger partial charge in [-0.15, -0.1) is 0 Å². The van der Waals surface area contributed by atoms with Crippen LogP contribution in [-0.4, -0.2) is 51.3 Å². The van der Waals surface area contributed by atoms with E-state index in [4.69, 9.17) is 10.00 Å². The number of rotatable bonds is 5. The van der Waals surface area contributed by atoms with Crippen LogP contribution in [0.1, 0.15) is 62.5 Å². The van der Waals surface area contributed by atoms with Crippen molar-refractivity contribution in [1.29, 1.82) is 5.26 Å². The molecule has 1 spiro atoms. The Hall–Kier alpha value is -4.54. The van der Waals surface area contributed by atoms with Crippen LogP contribution in [0, 0.1) is 11.3 Å². The molecule has 9 nitrogen and oxygen atoms in total. The van der Waals surface area contributed by atoms with Crippen molar-refractivity contribution >= 4 is 11.8 Å². The highest BCUT2D eigenvalue weighted by Crippen LogP contribution is 2.44. The van der Waals surface area contributed by atoms with Gasteiger partial charge in [0, 0.05) is 31.5 Å². The van der Waals surface area contributed by atoms with Crippen molar-refractivity contribution < 1.29 is 36.3 Å². The molecule has 3 heterocycles. The van der Waals surface area contributed by atoms with Gasteiger partial charge in [-0.05, 0) is 48.2 Å². The molecule has 2 aromatic heterocycles. The molecule has 2 N–H and O–H groups in total. The van der Waals surface area contributed by atoms with E-state index in [1.54, 1.807) is 6.07 Å². The molecule has 1 aromatic carbocycles. The number of hydrogen-bond acceptors (Lipinski definition) is 6. The first-order valence-corrected chi connectivity index (χ1v) is 12.7. The Kier molecular flexibility index (Phi) is 6.02. The number of carbonyl (C=O) groups excluding carboxylic acids is 2.